The first kappa shape index (κ1) is 8.48. The predicted molar refractivity (Wildman–Crippen MR) is 48.0 cm³/mol. The molecule has 0 aromatic carbocycles. The van der Waals surface area contributed by atoms with E-state index in [1.165, 1.54) is 19.4 Å². The Labute approximate surface area is 74.3 Å². The summed E-state index contributed by atoms with van der Waals surface area (Å²) in [5.41, 5.74) is 0.0625. The summed E-state index contributed by atoms with van der Waals surface area (Å²) >= 11 is 0. The van der Waals surface area contributed by atoms with Crippen molar-refractivity contribution in [3.05, 3.63) is 0 Å². The summed E-state index contributed by atoms with van der Waals surface area (Å²) in [6.07, 6.45) is 2.47. The number of likely N-dealkylation sites (N-methyl/N-ethyl adjacent to an activating group) is 2. The predicted octanol–water partition coefficient (Wildman–Crippen LogP) is 0.370. The maximum atomic E-state index is 5.85. The van der Waals surface area contributed by atoms with Gasteiger partial charge in [0.05, 0.1) is 6.61 Å². The van der Waals surface area contributed by atoms with Gasteiger partial charge in [0.1, 0.15) is 5.72 Å². The molecule has 1 atom stereocenters. The SMILES string of the molecule is CN1CCCC2(C1)OCCN2C. The molecule has 0 aromatic heterocycles. The lowest BCUT2D eigenvalue weighted by molar-refractivity contribution is -0.112. The van der Waals surface area contributed by atoms with Crippen molar-refractivity contribution in [1.29, 1.82) is 0 Å². The van der Waals surface area contributed by atoms with Crippen LogP contribution in [0.1, 0.15) is 12.8 Å². The fourth-order valence-corrected chi connectivity index (χ4v) is 2.32. The molecule has 2 heterocycles. The normalized spacial score (nSPS) is 39.5. The van der Waals surface area contributed by atoms with Crippen LogP contribution in [0.5, 0.6) is 0 Å². The number of nitrogens with zero attached hydrogens (tertiary/aromatic N) is 2. The number of hydrogen-bond donors (Lipinski definition) is 0. The zero-order valence-electron chi connectivity index (χ0n) is 8.05. The van der Waals surface area contributed by atoms with E-state index in [9.17, 15) is 0 Å². The van der Waals surface area contributed by atoms with E-state index in [1.807, 2.05) is 0 Å². The highest BCUT2D eigenvalue weighted by Crippen LogP contribution is 2.30. The molecule has 2 aliphatic rings. The molecule has 3 nitrogen and oxygen atoms in total. The number of piperidine rings is 1. The molecule has 1 unspecified atom stereocenters. The number of hydrogen-bond acceptors (Lipinski definition) is 3. The summed E-state index contributed by atoms with van der Waals surface area (Å²) in [7, 11) is 4.35. The van der Waals surface area contributed by atoms with Crippen molar-refractivity contribution in [2.24, 2.45) is 0 Å². The molecule has 2 fully saturated rings. The van der Waals surface area contributed by atoms with Crippen LogP contribution < -0.4 is 0 Å². The lowest BCUT2D eigenvalue weighted by atomic mass is 10.0. The van der Waals surface area contributed by atoms with Gasteiger partial charge in [0.2, 0.25) is 0 Å². The van der Waals surface area contributed by atoms with E-state index in [4.69, 9.17) is 4.74 Å². The second-order valence-electron chi connectivity index (χ2n) is 4.06. The Bertz CT molecular complexity index is 174. The molecule has 0 aliphatic carbocycles. The maximum absolute atomic E-state index is 5.85. The van der Waals surface area contributed by atoms with E-state index in [1.54, 1.807) is 0 Å². The van der Waals surface area contributed by atoms with Gasteiger partial charge in [0.15, 0.2) is 0 Å². The van der Waals surface area contributed by atoms with Crippen molar-refractivity contribution in [3.63, 3.8) is 0 Å². The first-order valence-corrected chi connectivity index (χ1v) is 4.77. The summed E-state index contributed by atoms with van der Waals surface area (Å²) in [4.78, 5) is 4.73. The molecule has 0 bridgehead atoms. The van der Waals surface area contributed by atoms with Crippen LogP contribution in [0, 0.1) is 0 Å². The number of likely N-dealkylation sites (tertiary alicyclic amines) is 1. The third kappa shape index (κ3) is 1.26. The van der Waals surface area contributed by atoms with Gasteiger partial charge >= 0.3 is 0 Å². The summed E-state index contributed by atoms with van der Waals surface area (Å²) < 4.78 is 5.85. The maximum Gasteiger partial charge on any atom is 0.134 e. The molecule has 12 heavy (non-hydrogen) atoms. The van der Waals surface area contributed by atoms with Crippen LogP contribution in [0.2, 0.25) is 0 Å². The molecule has 2 saturated heterocycles. The van der Waals surface area contributed by atoms with Gasteiger partial charge in [-0.15, -0.1) is 0 Å². The molecule has 2 aliphatic heterocycles. The molecule has 3 heteroatoms. The average molecular weight is 170 g/mol. The number of ether oxygens (including phenoxy) is 1. The zero-order chi connectivity index (χ0) is 8.60. The van der Waals surface area contributed by atoms with E-state index in [0.29, 0.717) is 0 Å². The molecule has 0 amide bonds. The summed E-state index contributed by atoms with van der Waals surface area (Å²) in [6, 6.07) is 0. The molecule has 0 saturated carbocycles. The standard InChI is InChI=1S/C9H18N2O/c1-10-5-3-4-9(8-10)11(2)6-7-12-9/h3-8H2,1-2H3. The Hall–Kier alpha value is -0.120. The molecular weight excluding hydrogens is 152 g/mol. The monoisotopic (exact) mass is 170 g/mol. The van der Waals surface area contributed by atoms with E-state index in [2.05, 4.69) is 23.9 Å². The Morgan fingerprint density at radius 3 is 2.67 bits per heavy atom. The highest BCUT2D eigenvalue weighted by atomic mass is 16.5. The smallest absolute Gasteiger partial charge is 0.134 e. The van der Waals surface area contributed by atoms with Gasteiger partial charge in [0, 0.05) is 13.1 Å². The summed E-state index contributed by atoms with van der Waals surface area (Å²) in [5, 5.41) is 0. The Kier molecular flexibility index (Phi) is 2.10. The average Bonchev–Trinajstić information content (AvgIpc) is 2.33. The first-order valence-electron chi connectivity index (χ1n) is 4.77. The van der Waals surface area contributed by atoms with Crippen molar-refractivity contribution in [3.8, 4) is 0 Å². The third-order valence-corrected chi connectivity index (χ3v) is 3.12. The molecule has 1 spiro atoms. The van der Waals surface area contributed by atoms with Gasteiger partial charge in [-0.05, 0) is 33.5 Å². The lowest BCUT2D eigenvalue weighted by Crippen LogP contribution is -2.54. The molecule has 70 valence electrons. The molecule has 0 radical (unpaired) electrons. The van der Waals surface area contributed by atoms with Crippen LogP contribution in [0.25, 0.3) is 0 Å². The van der Waals surface area contributed by atoms with Crippen molar-refractivity contribution in [2.45, 2.75) is 18.6 Å². The van der Waals surface area contributed by atoms with Crippen LogP contribution in [-0.2, 0) is 4.74 Å². The largest absolute Gasteiger partial charge is 0.358 e. The van der Waals surface area contributed by atoms with E-state index < -0.39 is 0 Å². The van der Waals surface area contributed by atoms with Crippen LogP contribution in [0.3, 0.4) is 0 Å². The minimum atomic E-state index is 0.0625. The van der Waals surface area contributed by atoms with Crippen LogP contribution in [0.4, 0.5) is 0 Å². The second-order valence-corrected chi connectivity index (χ2v) is 4.06. The topological polar surface area (TPSA) is 15.7 Å². The minimum absolute atomic E-state index is 0.0625. The first-order chi connectivity index (χ1) is 5.73. The molecule has 0 aromatic rings. The fraction of sp³-hybridized carbons (Fsp3) is 1.00. The molecule has 0 N–H and O–H groups in total. The van der Waals surface area contributed by atoms with Crippen molar-refractivity contribution < 1.29 is 4.74 Å². The molecule has 2 rings (SSSR count). The van der Waals surface area contributed by atoms with Crippen molar-refractivity contribution in [1.82, 2.24) is 9.80 Å². The van der Waals surface area contributed by atoms with Gasteiger partial charge < -0.3 is 9.64 Å². The fourth-order valence-electron chi connectivity index (χ4n) is 2.32. The minimum Gasteiger partial charge on any atom is -0.358 e. The quantitative estimate of drug-likeness (QED) is 0.522. The van der Waals surface area contributed by atoms with Gasteiger partial charge in [-0.25, -0.2) is 0 Å². The van der Waals surface area contributed by atoms with Gasteiger partial charge in [-0.3, -0.25) is 4.90 Å². The van der Waals surface area contributed by atoms with Crippen molar-refractivity contribution in [2.75, 3.05) is 40.3 Å². The van der Waals surface area contributed by atoms with Gasteiger partial charge in [-0.1, -0.05) is 0 Å². The Morgan fingerprint density at radius 2 is 2.08 bits per heavy atom. The third-order valence-electron chi connectivity index (χ3n) is 3.12. The second kappa shape index (κ2) is 2.98. The summed E-state index contributed by atoms with van der Waals surface area (Å²) in [5.74, 6) is 0. The van der Waals surface area contributed by atoms with Crippen LogP contribution in [0.15, 0.2) is 0 Å². The highest BCUT2D eigenvalue weighted by Gasteiger charge is 2.42. The van der Waals surface area contributed by atoms with E-state index in [-0.39, 0.29) is 5.72 Å². The van der Waals surface area contributed by atoms with E-state index in [0.717, 1.165) is 19.7 Å². The van der Waals surface area contributed by atoms with Crippen molar-refractivity contribution >= 4 is 0 Å². The summed E-state index contributed by atoms with van der Waals surface area (Å²) in [6.45, 7) is 4.29. The van der Waals surface area contributed by atoms with Crippen LogP contribution >= 0.6 is 0 Å². The van der Waals surface area contributed by atoms with Gasteiger partial charge in [0.25, 0.3) is 0 Å². The number of rotatable bonds is 0. The van der Waals surface area contributed by atoms with Gasteiger partial charge in [-0.2, -0.15) is 0 Å². The Morgan fingerprint density at radius 1 is 1.25 bits per heavy atom. The zero-order valence-corrected chi connectivity index (χ0v) is 8.05. The Balaban J connectivity index is 2.08. The van der Waals surface area contributed by atoms with E-state index >= 15 is 0 Å². The highest BCUT2D eigenvalue weighted by molar-refractivity contribution is 4.90. The lowest BCUT2D eigenvalue weighted by Gasteiger charge is -2.41. The molecular formula is C9H18N2O. The van der Waals surface area contributed by atoms with Crippen LogP contribution in [-0.4, -0.2) is 55.9 Å².